The summed E-state index contributed by atoms with van der Waals surface area (Å²) in [5, 5.41) is 0. The highest BCUT2D eigenvalue weighted by Gasteiger charge is 1.92. The van der Waals surface area contributed by atoms with Gasteiger partial charge in [0.25, 0.3) is 0 Å². The smallest absolute Gasteiger partial charge is 0.119 e. The van der Waals surface area contributed by atoms with Crippen LogP contribution in [0, 0.1) is 0 Å². The maximum absolute atomic E-state index is 5.48. The highest BCUT2D eigenvalue weighted by atomic mass is 35.5. The third kappa shape index (κ3) is 4.07. The van der Waals surface area contributed by atoms with E-state index < -0.39 is 0 Å². The van der Waals surface area contributed by atoms with Gasteiger partial charge < -0.3 is 4.74 Å². The highest BCUT2D eigenvalue weighted by Crippen LogP contribution is 2.18. The van der Waals surface area contributed by atoms with Crippen molar-refractivity contribution in [2.45, 2.75) is 4.90 Å². The van der Waals surface area contributed by atoms with Crippen LogP contribution in [0.15, 0.2) is 41.3 Å². The number of rotatable bonds is 5. The van der Waals surface area contributed by atoms with E-state index in [0.717, 1.165) is 5.75 Å². The van der Waals surface area contributed by atoms with Crippen molar-refractivity contribution in [3.8, 4) is 5.75 Å². The van der Waals surface area contributed by atoms with E-state index in [9.17, 15) is 0 Å². The summed E-state index contributed by atoms with van der Waals surface area (Å²) in [6.45, 7) is 0.575. The Morgan fingerprint density at radius 1 is 1.29 bits per heavy atom. The molecular formula is C11H13ClOS. The molecule has 0 saturated heterocycles. The molecule has 1 aromatic rings. The number of thioether (sulfide) groups is 1. The van der Waals surface area contributed by atoms with E-state index in [-0.39, 0.29) is 0 Å². The second-order valence-corrected chi connectivity index (χ2v) is 3.80. The fourth-order valence-electron chi connectivity index (χ4n) is 0.947. The molecule has 0 amide bonds. The van der Waals surface area contributed by atoms with Crippen molar-refractivity contribution in [3.05, 3.63) is 36.4 Å². The summed E-state index contributed by atoms with van der Waals surface area (Å²) in [7, 11) is 0. The van der Waals surface area contributed by atoms with E-state index in [1.807, 2.05) is 36.4 Å². The molecule has 0 unspecified atom stereocenters. The van der Waals surface area contributed by atoms with Gasteiger partial charge in [0.1, 0.15) is 12.4 Å². The van der Waals surface area contributed by atoms with E-state index in [1.165, 1.54) is 4.90 Å². The Labute approximate surface area is 94.1 Å². The van der Waals surface area contributed by atoms with E-state index in [4.69, 9.17) is 16.3 Å². The van der Waals surface area contributed by atoms with Crippen molar-refractivity contribution in [2.24, 2.45) is 0 Å². The van der Waals surface area contributed by atoms with Crippen LogP contribution in [0.1, 0.15) is 0 Å². The number of halogens is 1. The quantitative estimate of drug-likeness (QED) is 0.433. The summed E-state index contributed by atoms with van der Waals surface area (Å²) in [4.78, 5) is 1.24. The Kier molecular flexibility index (Phi) is 5.57. The first-order valence-corrected chi connectivity index (χ1v) is 6.10. The van der Waals surface area contributed by atoms with Crippen LogP contribution in [-0.2, 0) is 0 Å². The maximum Gasteiger partial charge on any atom is 0.119 e. The molecule has 1 aromatic carbocycles. The van der Waals surface area contributed by atoms with Gasteiger partial charge >= 0.3 is 0 Å². The lowest BCUT2D eigenvalue weighted by Gasteiger charge is -2.03. The van der Waals surface area contributed by atoms with Gasteiger partial charge in [0.15, 0.2) is 0 Å². The maximum atomic E-state index is 5.48. The molecule has 0 aromatic heterocycles. The number of allylic oxidation sites excluding steroid dienone is 1. The van der Waals surface area contributed by atoms with Crippen LogP contribution in [0.3, 0.4) is 0 Å². The Balaban J connectivity index is 2.40. The van der Waals surface area contributed by atoms with Crippen LogP contribution in [0.2, 0.25) is 0 Å². The Morgan fingerprint density at radius 2 is 2.00 bits per heavy atom. The number of hydrogen-bond acceptors (Lipinski definition) is 2. The van der Waals surface area contributed by atoms with E-state index >= 15 is 0 Å². The van der Waals surface area contributed by atoms with Crippen molar-refractivity contribution in [1.29, 1.82) is 0 Å². The standard InChI is InChI=1S/C11H13ClOS/c1-14-11-6-4-10(5-7-11)13-9-3-2-8-12/h2-7H,8-9H2,1H3. The predicted octanol–water partition coefficient (Wildman–Crippen LogP) is 3.58. The summed E-state index contributed by atoms with van der Waals surface area (Å²) in [5.41, 5.74) is 0. The molecule has 0 radical (unpaired) electrons. The molecule has 14 heavy (non-hydrogen) atoms. The molecule has 76 valence electrons. The molecule has 3 heteroatoms. The third-order valence-corrected chi connectivity index (χ3v) is 2.58. The molecule has 0 saturated carbocycles. The SMILES string of the molecule is CSc1ccc(OCC=CCCl)cc1. The minimum atomic E-state index is 0.536. The van der Waals surface area contributed by atoms with Crippen molar-refractivity contribution in [1.82, 2.24) is 0 Å². The van der Waals surface area contributed by atoms with Gasteiger partial charge in [-0.05, 0) is 30.5 Å². The first-order valence-electron chi connectivity index (χ1n) is 4.34. The largest absolute Gasteiger partial charge is 0.490 e. The molecule has 0 aliphatic carbocycles. The monoisotopic (exact) mass is 228 g/mol. The molecule has 1 rings (SSSR count). The molecule has 0 aliphatic rings. The summed E-state index contributed by atoms with van der Waals surface area (Å²) in [6.07, 6.45) is 5.84. The summed E-state index contributed by atoms with van der Waals surface area (Å²) >= 11 is 7.20. The van der Waals surface area contributed by atoms with Gasteiger partial charge in [0, 0.05) is 10.8 Å². The lowest BCUT2D eigenvalue weighted by Crippen LogP contribution is -1.92. The number of hydrogen-bond donors (Lipinski definition) is 0. The Morgan fingerprint density at radius 3 is 2.57 bits per heavy atom. The molecular weight excluding hydrogens is 216 g/mol. The molecule has 0 aliphatic heterocycles. The van der Waals surface area contributed by atoms with Crippen LogP contribution < -0.4 is 4.74 Å². The zero-order valence-corrected chi connectivity index (χ0v) is 9.65. The fraction of sp³-hybridized carbons (Fsp3) is 0.273. The van der Waals surface area contributed by atoms with E-state index in [2.05, 4.69) is 6.26 Å². The highest BCUT2D eigenvalue weighted by molar-refractivity contribution is 7.98. The molecule has 0 heterocycles. The summed E-state index contributed by atoms with van der Waals surface area (Å²) < 4.78 is 5.45. The molecule has 0 bridgehead atoms. The van der Waals surface area contributed by atoms with Gasteiger partial charge in [0.2, 0.25) is 0 Å². The van der Waals surface area contributed by atoms with Crippen LogP contribution in [0.5, 0.6) is 5.75 Å². The molecule has 0 spiro atoms. The second kappa shape index (κ2) is 6.80. The van der Waals surface area contributed by atoms with Gasteiger partial charge in [-0.1, -0.05) is 12.2 Å². The summed E-state index contributed by atoms with van der Waals surface area (Å²) in [6, 6.07) is 8.04. The van der Waals surface area contributed by atoms with Crippen molar-refractivity contribution in [3.63, 3.8) is 0 Å². The number of ether oxygens (including phenoxy) is 1. The van der Waals surface area contributed by atoms with Gasteiger partial charge in [-0.15, -0.1) is 23.4 Å². The van der Waals surface area contributed by atoms with Crippen molar-refractivity contribution in [2.75, 3.05) is 18.7 Å². The molecule has 0 fully saturated rings. The normalized spacial score (nSPS) is 10.7. The summed E-state index contributed by atoms with van der Waals surface area (Å²) in [5.74, 6) is 1.43. The molecule has 1 nitrogen and oxygen atoms in total. The van der Waals surface area contributed by atoms with E-state index in [0.29, 0.717) is 12.5 Å². The Bertz CT molecular complexity index is 282. The Hall–Kier alpha value is -0.600. The van der Waals surface area contributed by atoms with Gasteiger partial charge in [0.05, 0.1) is 0 Å². The predicted molar refractivity (Wildman–Crippen MR) is 63.6 cm³/mol. The number of alkyl halides is 1. The second-order valence-electron chi connectivity index (χ2n) is 2.61. The van der Waals surface area contributed by atoms with Crippen LogP contribution in [0.25, 0.3) is 0 Å². The zero-order chi connectivity index (χ0) is 10.2. The first-order chi connectivity index (χ1) is 6.86. The minimum Gasteiger partial charge on any atom is -0.490 e. The van der Waals surface area contributed by atoms with Crippen molar-refractivity contribution >= 4 is 23.4 Å². The van der Waals surface area contributed by atoms with Crippen molar-refractivity contribution < 1.29 is 4.74 Å². The van der Waals surface area contributed by atoms with Gasteiger partial charge in [-0.2, -0.15) is 0 Å². The van der Waals surface area contributed by atoms with E-state index in [1.54, 1.807) is 11.8 Å². The lowest BCUT2D eigenvalue weighted by atomic mass is 10.3. The minimum absolute atomic E-state index is 0.536. The van der Waals surface area contributed by atoms with Crippen LogP contribution in [0.4, 0.5) is 0 Å². The average Bonchev–Trinajstić information content (AvgIpc) is 2.25. The first kappa shape index (κ1) is 11.5. The average molecular weight is 229 g/mol. The zero-order valence-electron chi connectivity index (χ0n) is 8.07. The fourth-order valence-corrected chi connectivity index (χ4v) is 1.48. The molecule has 0 atom stereocenters. The number of benzene rings is 1. The van der Waals surface area contributed by atoms with Gasteiger partial charge in [-0.3, -0.25) is 0 Å². The lowest BCUT2D eigenvalue weighted by molar-refractivity contribution is 0.362. The van der Waals surface area contributed by atoms with Gasteiger partial charge in [-0.25, -0.2) is 0 Å². The topological polar surface area (TPSA) is 9.23 Å². The van der Waals surface area contributed by atoms with Crippen LogP contribution >= 0.6 is 23.4 Å². The van der Waals surface area contributed by atoms with Crippen LogP contribution in [-0.4, -0.2) is 18.7 Å². The third-order valence-electron chi connectivity index (χ3n) is 1.66. The molecule has 0 N–H and O–H groups in total.